The van der Waals surface area contributed by atoms with E-state index in [4.69, 9.17) is 5.11 Å². The van der Waals surface area contributed by atoms with Crippen LogP contribution in [-0.2, 0) is 4.79 Å². The number of benzene rings is 1. The standard InChI is InChI=1S/C9H11NO2S/c1-13-8-4-2-7(3-5-8)10-9(12)6-11/h2-5,11H,6H2,1H3,(H,10,12). The van der Waals surface area contributed by atoms with Gasteiger partial charge >= 0.3 is 0 Å². The summed E-state index contributed by atoms with van der Waals surface area (Å²) in [5, 5.41) is 11.0. The molecule has 0 saturated heterocycles. The number of anilines is 1. The number of carbonyl (C=O) groups is 1. The second-order valence-corrected chi connectivity index (χ2v) is 3.31. The molecule has 0 aromatic heterocycles. The van der Waals surface area contributed by atoms with Crippen LogP contribution < -0.4 is 5.32 Å². The highest BCUT2D eigenvalue weighted by molar-refractivity contribution is 7.98. The number of hydrogen-bond donors (Lipinski definition) is 2. The van der Waals surface area contributed by atoms with Gasteiger partial charge in [-0.25, -0.2) is 0 Å². The van der Waals surface area contributed by atoms with Crippen LogP contribution in [0.3, 0.4) is 0 Å². The lowest BCUT2D eigenvalue weighted by atomic mass is 10.3. The van der Waals surface area contributed by atoms with Gasteiger partial charge in [0.2, 0.25) is 5.91 Å². The van der Waals surface area contributed by atoms with Gasteiger partial charge in [0.05, 0.1) is 0 Å². The van der Waals surface area contributed by atoms with Crippen LogP contribution in [0.2, 0.25) is 0 Å². The molecule has 0 fully saturated rings. The second kappa shape index (κ2) is 4.89. The fraction of sp³-hybridized carbons (Fsp3) is 0.222. The maximum Gasteiger partial charge on any atom is 0.250 e. The van der Waals surface area contributed by atoms with Crippen molar-refractivity contribution >= 4 is 23.4 Å². The Labute approximate surface area is 81.2 Å². The van der Waals surface area contributed by atoms with Gasteiger partial charge in [0, 0.05) is 10.6 Å². The second-order valence-electron chi connectivity index (χ2n) is 2.43. The fourth-order valence-electron chi connectivity index (χ4n) is 0.875. The highest BCUT2D eigenvalue weighted by Gasteiger charge is 1.98. The summed E-state index contributed by atoms with van der Waals surface area (Å²) in [6.07, 6.45) is 1.99. The summed E-state index contributed by atoms with van der Waals surface area (Å²) < 4.78 is 0. The smallest absolute Gasteiger partial charge is 0.250 e. The molecule has 0 aliphatic rings. The molecule has 0 aliphatic heterocycles. The summed E-state index contributed by atoms with van der Waals surface area (Å²) in [5.74, 6) is -0.392. The van der Waals surface area contributed by atoms with Gasteiger partial charge < -0.3 is 10.4 Å². The average molecular weight is 197 g/mol. The van der Waals surface area contributed by atoms with Gasteiger partial charge in [-0.1, -0.05) is 0 Å². The van der Waals surface area contributed by atoms with E-state index in [2.05, 4.69) is 5.32 Å². The van der Waals surface area contributed by atoms with E-state index < -0.39 is 12.5 Å². The topological polar surface area (TPSA) is 49.3 Å². The zero-order chi connectivity index (χ0) is 9.68. The fourth-order valence-corrected chi connectivity index (χ4v) is 1.28. The monoisotopic (exact) mass is 197 g/mol. The summed E-state index contributed by atoms with van der Waals surface area (Å²) >= 11 is 1.64. The van der Waals surface area contributed by atoms with Crippen LogP contribution in [0.25, 0.3) is 0 Å². The van der Waals surface area contributed by atoms with Gasteiger partial charge in [-0.05, 0) is 30.5 Å². The Morgan fingerprint density at radius 2 is 2.08 bits per heavy atom. The third-order valence-corrected chi connectivity index (χ3v) is 2.26. The van der Waals surface area contributed by atoms with Gasteiger partial charge in [-0.15, -0.1) is 11.8 Å². The Morgan fingerprint density at radius 1 is 1.46 bits per heavy atom. The molecule has 70 valence electrons. The van der Waals surface area contributed by atoms with Crippen molar-refractivity contribution < 1.29 is 9.90 Å². The van der Waals surface area contributed by atoms with Crippen molar-refractivity contribution in [1.29, 1.82) is 0 Å². The summed E-state index contributed by atoms with van der Waals surface area (Å²) in [5.41, 5.74) is 0.705. The van der Waals surface area contributed by atoms with Gasteiger partial charge in [-0.2, -0.15) is 0 Å². The molecule has 3 nitrogen and oxygen atoms in total. The quantitative estimate of drug-likeness (QED) is 0.719. The number of hydrogen-bond acceptors (Lipinski definition) is 3. The Balaban J connectivity index is 2.64. The van der Waals surface area contributed by atoms with Crippen molar-refractivity contribution in [2.45, 2.75) is 4.90 Å². The number of aliphatic hydroxyl groups is 1. The average Bonchev–Trinajstić information content (AvgIpc) is 2.19. The van der Waals surface area contributed by atoms with E-state index in [9.17, 15) is 4.79 Å². The Bertz CT molecular complexity index is 284. The molecule has 0 bridgehead atoms. The zero-order valence-corrected chi connectivity index (χ0v) is 8.10. The molecule has 0 heterocycles. The Hall–Kier alpha value is -1.00. The Morgan fingerprint density at radius 3 is 2.54 bits per heavy atom. The SMILES string of the molecule is CSc1ccc(NC(=O)CO)cc1. The maximum absolute atomic E-state index is 10.8. The van der Waals surface area contributed by atoms with Crippen LogP contribution in [0.5, 0.6) is 0 Å². The van der Waals surface area contributed by atoms with Crippen LogP contribution in [0.1, 0.15) is 0 Å². The predicted octanol–water partition coefficient (Wildman–Crippen LogP) is 1.34. The number of thioether (sulfide) groups is 1. The first-order valence-electron chi connectivity index (χ1n) is 3.81. The minimum absolute atomic E-state index is 0.392. The van der Waals surface area contributed by atoms with E-state index in [0.29, 0.717) is 5.69 Å². The van der Waals surface area contributed by atoms with Crippen LogP contribution in [0.15, 0.2) is 29.2 Å². The molecule has 1 rings (SSSR count). The first-order valence-corrected chi connectivity index (χ1v) is 5.03. The van der Waals surface area contributed by atoms with Crippen LogP contribution in [0.4, 0.5) is 5.69 Å². The summed E-state index contributed by atoms with van der Waals surface area (Å²) in [6, 6.07) is 7.44. The van der Waals surface area contributed by atoms with E-state index in [1.54, 1.807) is 23.9 Å². The molecule has 1 amide bonds. The maximum atomic E-state index is 10.8. The summed E-state index contributed by atoms with van der Waals surface area (Å²) in [4.78, 5) is 11.9. The van der Waals surface area contributed by atoms with E-state index in [0.717, 1.165) is 4.90 Å². The van der Waals surface area contributed by atoms with Crippen LogP contribution >= 0.6 is 11.8 Å². The Kier molecular flexibility index (Phi) is 3.79. The third kappa shape index (κ3) is 3.08. The molecular formula is C9H11NO2S. The molecule has 0 spiro atoms. The molecule has 1 aromatic rings. The molecule has 0 unspecified atom stereocenters. The first kappa shape index (κ1) is 10.1. The molecule has 13 heavy (non-hydrogen) atoms. The number of nitrogens with one attached hydrogen (secondary N) is 1. The lowest BCUT2D eigenvalue weighted by molar-refractivity contribution is -0.118. The summed E-state index contributed by atoms with van der Waals surface area (Å²) in [6.45, 7) is -0.482. The third-order valence-electron chi connectivity index (χ3n) is 1.52. The lowest BCUT2D eigenvalue weighted by Gasteiger charge is -2.03. The molecule has 0 atom stereocenters. The van der Waals surface area contributed by atoms with Crippen LogP contribution in [0, 0.1) is 0 Å². The molecule has 0 aliphatic carbocycles. The largest absolute Gasteiger partial charge is 0.387 e. The molecule has 0 saturated carbocycles. The molecule has 1 aromatic carbocycles. The minimum Gasteiger partial charge on any atom is -0.387 e. The van der Waals surface area contributed by atoms with Crippen molar-refractivity contribution in [1.82, 2.24) is 0 Å². The molecular weight excluding hydrogens is 186 g/mol. The predicted molar refractivity (Wildman–Crippen MR) is 53.9 cm³/mol. The molecule has 0 radical (unpaired) electrons. The normalized spacial score (nSPS) is 9.69. The summed E-state index contributed by atoms with van der Waals surface area (Å²) in [7, 11) is 0. The zero-order valence-electron chi connectivity index (χ0n) is 7.28. The minimum atomic E-state index is -0.482. The van der Waals surface area contributed by atoms with Crippen molar-refractivity contribution in [3.8, 4) is 0 Å². The van der Waals surface area contributed by atoms with Crippen LogP contribution in [-0.4, -0.2) is 23.9 Å². The van der Waals surface area contributed by atoms with Gasteiger partial charge in [0.25, 0.3) is 0 Å². The number of aliphatic hydroxyl groups excluding tert-OH is 1. The van der Waals surface area contributed by atoms with Crippen molar-refractivity contribution in [2.75, 3.05) is 18.2 Å². The highest BCUT2D eigenvalue weighted by Crippen LogP contribution is 2.17. The molecule has 2 N–H and O–H groups in total. The van der Waals surface area contributed by atoms with Gasteiger partial charge in [0.15, 0.2) is 0 Å². The van der Waals surface area contributed by atoms with Crippen molar-refractivity contribution in [3.63, 3.8) is 0 Å². The van der Waals surface area contributed by atoms with E-state index in [1.807, 2.05) is 18.4 Å². The van der Waals surface area contributed by atoms with Gasteiger partial charge in [-0.3, -0.25) is 4.79 Å². The van der Waals surface area contributed by atoms with Crippen molar-refractivity contribution in [3.05, 3.63) is 24.3 Å². The van der Waals surface area contributed by atoms with E-state index >= 15 is 0 Å². The van der Waals surface area contributed by atoms with E-state index in [-0.39, 0.29) is 0 Å². The van der Waals surface area contributed by atoms with Gasteiger partial charge in [0.1, 0.15) is 6.61 Å². The van der Waals surface area contributed by atoms with Crippen molar-refractivity contribution in [2.24, 2.45) is 0 Å². The lowest BCUT2D eigenvalue weighted by Crippen LogP contribution is -2.15. The number of rotatable bonds is 3. The highest BCUT2D eigenvalue weighted by atomic mass is 32.2. The number of amides is 1. The first-order chi connectivity index (χ1) is 6.26. The molecule has 4 heteroatoms. The number of carbonyl (C=O) groups excluding carboxylic acids is 1. The van der Waals surface area contributed by atoms with E-state index in [1.165, 1.54) is 0 Å².